The first-order valence-corrected chi connectivity index (χ1v) is 7.25. The maximum absolute atomic E-state index is 12.5. The number of alkyl halides is 3. The van der Waals surface area contributed by atoms with Crippen LogP contribution in [0.5, 0.6) is 11.5 Å². The summed E-state index contributed by atoms with van der Waals surface area (Å²) in [6, 6.07) is 2.41. The number of oxime groups is 1. The Bertz CT molecular complexity index is 715. The molecule has 0 aromatic heterocycles. The Hall–Kier alpha value is -2.17. The van der Waals surface area contributed by atoms with Crippen molar-refractivity contribution >= 4 is 21.4 Å². The lowest BCUT2D eigenvalue weighted by Gasteiger charge is -2.14. The highest BCUT2D eigenvalue weighted by Crippen LogP contribution is 2.38. The largest absolute Gasteiger partial charge is 0.516 e. The highest BCUT2D eigenvalue weighted by molar-refractivity contribution is 7.93. The number of nitrogens with zero attached hydrogens (tertiary/aromatic N) is 1. The predicted molar refractivity (Wildman–Crippen MR) is 70.4 cm³/mol. The Morgan fingerprint density at radius 2 is 1.91 bits per heavy atom. The molecule has 7 nitrogen and oxygen atoms in total. The van der Waals surface area contributed by atoms with E-state index in [0.717, 1.165) is 6.07 Å². The number of hydrogen-bond acceptors (Lipinski definition) is 6. The minimum Gasteiger partial charge on any atom is -0.454 e. The third kappa shape index (κ3) is 3.03. The van der Waals surface area contributed by atoms with Gasteiger partial charge in [-0.05, 0) is 13.0 Å². The number of ether oxygens (including phenoxy) is 2. The predicted octanol–water partition coefficient (Wildman–Crippen LogP) is 2.05. The van der Waals surface area contributed by atoms with E-state index in [2.05, 4.69) is 9.99 Å². The molecule has 0 spiro atoms. The molecule has 0 amide bonds. The first-order chi connectivity index (χ1) is 10.2. The molecule has 11 heteroatoms. The van der Waals surface area contributed by atoms with E-state index in [0.29, 0.717) is 0 Å². The van der Waals surface area contributed by atoms with Gasteiger partial charge in [0.2, 0.25) is 6.79 Å². The fraction of sp³-hybridized carbons (Fsp3) is 0.364. The molecule has 0 aliphatic carbocycles. The van der Waals surface area contributed by atoms with Gasteiger partial charge < -0.3 is 14.3 Å². The van der Waals surface area contributed by atoms with Gasteiger partial charge in [-0.15, -0.1) is 0 Å². The molecular weight excluding hydrogens is 329 g/mol. The van der Waals surface area contributed by atoms with E-state index in [1.807, 2.05) is 0 Å². The van der Waals surface area contributed by atoms with Gasteiger partial charge in [0.05, 0.1) is 11.4 Å². The molecule has 122 valence electrons. The van der Waals surface area contributed by atoms with Crippen molar-refractivity contribution < 1.29 is 35.9 Å². The summed E-state index contributed by atoms with van der Waals surface area (Å²) in [6.07, 6.45) is 0. The molecule has 1 aliphatic rings. The maximum atomic E-state index is 12.5. The number of halogens is 3. The summed E-state index contributed by atoms with van der Waals surface area (Å²) in [5.41, 5.74) is -5.58. The average Bonchev–Trinajstić information content (AvgIpc) is 2.83. The molecule has 1 N–H and O–H groups in total. The molecule has 2 rings (SSSR count). The summed E-state index contributed by atoms with van der Waals surface area (Å²) in [6.45, 7) is 1.32. The highest BCUT2D eigenvalue weighted by atomic mass is 32.2. The van der Waals surface area contributed by atoms with Gasteiger partial charge in [-0.3, -0.25) is 4.72 Å². The monoisotopic (exact) mass is 340 g/mol. The SMILES string of the molecule is CO/N=C(\C)c1cc2c(cc1NS(=O)(=O)C(F)(F)F)OCO2. The van der Waals surface area contributed by atoms with E-state index in [1.165, 1.54) is 24.8 Å². The van der Waals surface area contributed by atoms with Gasteiger partial charge in [-0.2, -0.15) is 21.6 Å². The standard InChI is InChI=1S/C11H11F3N2O5S/c1-6(15-19-2)7-3-9-10(21-5-20-9)4-8(7)16-22(17,18)11(12,13)14/h3-4,16H,5H2,1-2H3/b15-6+. The number of fused-ring (bicyclic) bond motifs is 1. The zero-order valence-electron chi connectivity index (χ0n) is 11.4. The van der Waals surface area contributed by atoms with Crippen molar-refractivity contribution in [2.45, 2.75) is 12.4 Å². The van der Waals surface area contributed by atoms with Gasteiger partial charge >= 0.3 is 15.5 Å². The van der Waals surface area contributed by atoms with Gasteiger partial charge in [0.1, 0.15) is 7.11 Å². The molecule has 22 heavy (non-hydrogen) atoms. The summed E-state index contributed by atoms with van der Waals surface area (Å²) < 4.78 is 71.7. The molecule has 0 fully saturated rings. The smallest absolute Gasteiger partial charge is 0.454 e. The van der Waals surface area contributed by atoms with Crippen LogP contribution in [0.4, 0.5) is 18.9 Å². The van der Waals surface area contributed by atoms with Crippen molar-refractivity contribution in [1.29, 1.82) is 0 Å². The van der Waals surface area contributed by atoms with Crippen molar-refractivity contribution in [3.63, 3.8) is 0 Å². The van der Waals surface area contributed by atoms with Crippen molar-refractivity contribution in [3.05, 3.63) is 17.7 Å². The second-order valence-corrected chi connectivity index (χ2v) is 5.84. The number of nitrogens with one attached hydrogen (secondary N) is 1. The zero-order valence-corrected chi connectivity index (χ0v) is 12.2. The first kappa shape index (κ1) is 16.2. The molecular formula is C11H11F3N2O5S. The van der Waals surface area contributed by atoms with Gasteiger partial charge in [0.15, 0.2) is 11.5 Å². The fourth-order valence-electron chi connectivity index (χ4n) is 1.71. The normalized spacial score (nSPS) is 14.9. The van der Waals surface area contributed by atoms with E-state index in [9.17, 15) is 21.6 Å². The summed E-state index contributed by atoms with van der Waals surface area (Å²) in [5, 5.41) is 3.58. The Labute approximate surface area is 123 Å². The molecule has 0 bridgehead atoms. The van der Waals surface area contributed by atoms with Crippen LogP contribution < -0.4 is 14.2 Å². The molecule has 0 saturated heterocycles. The number of rotatable bonds is 4. The van der Waals surface area contributed by atoms with Gasteiger partial charge in [0, 0.05) is 11.6 Å². The van der Waals surface area contributed by atoms with E-state index in [-0.39, 0.29) is 35.3 Å². The number of benzene rings is 1. The summed E-state index contributed by atoms with van der Waals surface area (Å²) in [4.78, 5) is 4.55. The molecule has 0 atom stereocenters. The van der Waals surface area contributed by atoms with Gasteiger partial charge in [-0.1, -0.05) is 5.16 Å². The summed E-state index contributed by atoms with van der Waals surface area (Å²) in [5.74, 6) is 0.379. The molecule has 1 aliphatic heterocycles. The second kappa shape index (κ2) is 5.55. The van der Waals surface area contributed by atoms with Crippen molar-refractivity contribution in [1.82, 2.24) is 0 Å². The van der Waals surface area contributed by atoms with Crippen LogP contribution >= 0.6 is 0 Å². The Morgan fingerprint density at radius 3 is 2.45 bits per heavy atom. The molecule has 0 unspecified atom stereocenters. The van der Waals surface area contributed by atoms with Crippen LogP contribution in [0.25, 0.3) is 0 Å². The molecule has 1 heterocycles. The van der Waals surface area contributed by atoms with E-state index < -0.39 is 15.5 Å². The molecule has 0 radical (unpaired) electrons. The lowest BCUT2D eigenvalue weighted by Crippen LogP contribution is -2.30. The van der Waals surface area contributed by atoms with Crippen LogP contribution in [0.15, 0.2) is 17.3 Å². The van der Waals surface area contributed by atoms with Crippen molar-refractivity contribution in [2.75, 3.05) is 18.6 Å². The lowest BCUT2D eigenvalue weighted by molar-refractivity contribution is -0.0429. The van der Waals surface area contributed by atoms with Crippen LogP contribution in [0.3, 0.4) is 0 Å². The van der Waals surface area contributed by atoms with E-state index >= 15 is 0 Å². The van der Waals surface area contributed by atoms with E-state index in [4.69, 9.17) is 9.47 Å². The maximum Gasteiger partial charge on any atom is 0.516 e. The Morgan fingerprint density at radius 1 is 1.32 bits per heavy atom. The third-order valence-electron chi connectivity index (χ3n) is 2.68. The lowest BCUT2D eigenvalue weighted by atomic mass is 10.1. The van der Waals surface area contributed by atoms with Crippen LogP contribution in [-0.2, 0) is 14.9 Å². The van der Waals surface area contributed by atoms with Crippen LogP contribution in [0.1, 0.15) is 12.5 Å². The van der Waals surface area contributed by atoms with Crippen LogP contribution in [0.2, 0.25) is 0 Å². The topological polar surface area (TPSA) is 86.2 Å². The molecule has 1 aromatic carbocycles. The number of sulfonamides is 1. The minimum atomic E-state index is -5.58. The van der Waals surface area contributed by atoms with Crippen LogP contribution in [-0.4, -0.2) is 33.5 Å². The number of anilines is 1. The first-order valence-electron chi connectivity index (χ1n) is 5.76. The summed E-state index contributed by atoms with van der Waals surface area (Å²) >= 11 is 0. The molecule has 0 saturated carbocycles. The minimum absolute atomic E-state index is 0.0684. The Balaban J connectivity index is 2.52. The fourth-order valence-corrected chi connectivity index (χ4v) is 2.29. The van der Waals surface area contributed by atoms with Gasteiger partial charge in [-0.25, -0.2) is 0 Å². The number of hydrogen-bond donors (Lipinski definition) is 1. The zero-order chi connectivity index (χ0) is 16.5. The Kier molecular flexibility index (Phi) is 4.09. The van der Waals surface area contributed by atoms with Crippen molar-refractivity contribution in [2.24, 2.45) is 5.16 Å². The highest BCUT2D eigenvalue weighted by Gasteiger charge is 2.46. The van der Waals surface area contributed by atoms with E-state index in [1.54, 1.807) is 0 Å². The second-order valence-electron chi connectivity index (χ2n) is 4.16. The quantitative estimate of drug-likeness (QED) is 0.670. The van der Waals surface area contributed by atoms with Gasteiger partial charge in [0.25, 0.3) is 0 Å². The van der Waals surface area contributed by atoms with Crippen LogP contribution in [0, 0.1) is 0 Å². The average molecular weight is 340 g/mol. The van der Waals surface area contributed by atoms with Crippen molar-refractivity contribution in [3.8, 4) is 11.5 Å². The summed E-state index contributed by atoms with van der Waals surface area (Å²) in [7, 11) is -4.34. The molecule has 1 aromatic rings. The third-order valence-corrected chi connectivity index (χ3v) is 3.78.